The lowest BCUT2D eigenvalue weighted by molar-refractivity contribution is -0.122. The van der Waals surface area contributed by atoms with Gasteiger partial charge in [0.1, 0.15) is 0 Å². The van der Waals surface area contributed by atoms with E-state index >= 15 is 0 Å². The summed E-state index contributed by atoms with van der Waals surface area (Å²) >= 11 is 0. The molecule has 0 saturated heterocycles. The highest BCUT2D eigenvalue weighted by Crippen LogP contribution is 2.24. The van der Waals surface area contributed by atoms with E-state index in [1.807, 2.05) is 32.0 Å². The predicted molar refractivity (Wildman–Crippen MR) is 95.1 cm³/mol. The molecule has 1 aliphatic rings. The molecule has 128 valence electrons. The summed E-state index contributed by atoms with van der Waals surface area (Å²) in [5.74, 6) is 0.390. The number of benzene rings is 1. The van der Waals surface area contributed by atoms with Gasteiger partial charge in [-0.25, -0.2) is 0 Å². The average Bonchev–Trinajstić information content (AvgIpc) is 2.94. The zero-order valence-corrected chi connectivity index (χ0v) is 14.7. The smallest absolute Gasteiger partial charge is 0.220 e. The summed E-state index contributed by atoms with van der Waals surface area (Å²) in [5, 5.41) is 3.04. The van der Waals surface area contributed by atoms with Crippen LogP contribution >= 0.6 is 12.4 Å². The van der Waals surface area contributed by atoms with Gasteiger partial charge in [-0.15, -0.1) is 12.4 Å². The van der Waals surface area contributed by atoms with Gasteiger partial charge in [-0.1, -0.05) is 24.1 Å². The molecule has 5 heteroatoms. The molecule has 2 unspecified atom stereocenters. The Morgan fingerprint density at radius 1 is 1.22 bits per heavy atom. The number of carbonyl (C=O) groups is 2. The van der Waals surface area contributed by atoms with Crippen molar-refractivity contribution in [3.05, 3.63) is 34.9 Å². The average molecular weight is 339 g/mol. The van der Waals surface area contributed by atoms with Gasteiger partial charge in [0.2, 0.25) is 5.91 Å². The van der Waals surface area contributed by atoms with Crippen LogP contribution in [0.1, 0.15) is 53.6 Å². The van der Waals surface area contributed by atoms with Gasteiger partial charge in [0, 0.05) is 24.4 Å². The first kappa shape index (κ1) is 19.7. The maximum absolute atomic E-state index is 12.3. The molecule has 1 fully saturated rings. The SMILES string of the molecule is Cc1ccc(C)c(C(=O)CCC(=O)NC2CCCC2CN)c1.Cl. The lowest BCUT2D eigenvalue weighted by Gasteiger charge is -2.19. The summed E-state index contributed by atoms with van der Waals surface area (Å²) in [6.45, 7) is 4.51. The molecule has 3 N–H and O–H groups in total. The van der Waals surface area contributed by atoms with Gasteiger partial charge in [-0.2, -0.15) is 0 Å². The number of rotatable bonds is 6. The molecule has 0 aromatic heterocycles. The van der Waals surface area contributed by atoms with E-state index in [4.69, 9.17) is 5.73 Å². The molecule has 23 heavy (non-hydrogen) atoms. The van der Waals surface area contributed by atoms with Crippen LogP contribution in [0.2, 0.25) is 0 Å². The van der Waals surface area contributed by atoms with Crippen LogP contribution in [-0.2, 0) is 4.79 Å². The van der Waals surface area contributed by atoms with Crippen LogP contribution in [0.3, 0.4) is 0 Å². The fourth-order valence-electron chi connectivity index (χ4n) is 3.19. The number of halogens is 1. The molecule has 0 bridgehead atoms. The zero-order chi connectivity index (χ0) is 16.1. The fourth-order valence-corrected chi connectivity index (χ4v) is 3.19. The Morgan fingerprint density at radius 2 is 1.96 bits per heavy atom. The number of aryl methyl sites for hydroxylation is 2. The first-order chi connectivity index (χ1) is 10.5. The molecule has 4 nitrogen and oxygen atoms in total. The lowest BCUT2D eigenvalue weighted by atomic mass is 9.99. The predicted octanol–water partition coefficient (Wildman–Crippen LogP) is 2.93. The Labute approximate surface area is 144 Å². The number of ketones is 1. The van der Waals surface area contributed by atoms with E-state index in [2.05, 4.69) is 5.32 Å². The third-order valence-corrected chi connectivity index (χ3v) is 4.58. The van der Waals surface area contributed by atoms with Crippen LogP contribution in [-0.4, -0.2) is 24.3 Å². The molecular weight excluding hydrogens is 312 g/mol. The highest BCUT2D eigenvalue weighted by atomic mass is 35.5. The number of hydrogen-bond acceptors (Lipinski definition) is 3. The third-order valence-electron chi connectivity index (χ3n) is 4.58. The molecule has 1 aromatic carbocycles. The number of nitrogens with one attached hydrogen (secondary N) is 1. The topological polar surface area (TPSA) is 72.2 Å². The highest BCUT2D eigenvalue weighted by molar-refractivity contribution is 5.99. The van der Waals surface area contributed by atoms with E-state index in [1.54, 1.807) is 0 Å². The van der Waals surface area contributed by atoms with Gasteiger partial charge in [0.15, 0.2) is 5.78 Å². The fraction of sp³-hybridized carbons (Fsp3) is 0.556. The van der Waals surface area contributed by atoms with Crippen LogP contribution in [0.4, 0.5) is 0 Å². The Kier molecular flexibility index (Phi) is 7.73. The quantitative estimate of drug-likeness (QED) is 0.783. The Hall–Kier alpha value is -1.39. The number of carbonyl (C=O) groups excluding carboxylic acids is 2. The maximum Gasteiger partial charge on any atom is 0.220 e. The second-order valence-electron chi connectivity index (χ2n) is 6.34. The largest absolute Gasteiger partial charge is 0.353 e. The molecule has 1 amide bonds. The summed E-state index contributed by atoms with van der Waals surface area (Å²) in [7, 11) is 0. The van der Waals surface area contributed by atoms with E-state index in [0.717, 1.165) is 36.0 Å². The normalized spacial score (nSPS) is 20.0. The summed E-state index contributed by atoms with van der Waals surface area (Å²) in [5.41, 5.74) is 8.49. The Balaban J connectivity index is 0.00000264. The number of nitrogens with two attached hydrogens (primary N) is 1. The second-order valence-corrected chi connectivity index (χ2v) is 6.34. The van der Waals surface area contributed by atoms with Crippen LogP contribution in [0, 0.1) is 19.8 Å². The molecule has 0 spiro atoms. The van der Waals surface area contributed by atoms with Crippen molar-refractivity contribution in [2.45, 2.75) is 52.0 Å². The number of hydrogen-bond donors (Lipinski definition) is 2. The van der Waals surface area contributed by atoms with Gasteiger partial charge in [0.05, 0.1) is 0 Å². The van der Waals surface area contributed by atoms with Gasteiger partial charge in [0.25, 0.3) is 0 Å². The summed E-state index contributed by atoms with van der Waals surface area (Å²) in [4.78, 5) is 24.3. The minimum absolute atomic E-state index is 0. The van der Waals surface area contributed by atoms with E-state index in [0.29, 0.717) is 12.5 Å². The number of amides is 1. The van der Waals surface area contributed by atoms with E-state index in [9.17, 15) is 9.59 Å². The third kappa shape index (κ3) is 5.33. The molecular formula is C18H27ClN2O2. The second kappa shape index (κ2) is 9.04. The monoisotopic (exact) mass is 338 g/mol. The van der Waals surface area contributed by atoms with Crippen molar-refractivity contribution in [2.75, 3.05) is 6.54 Å². The van der Waals surface area contributed by atoms with E-state index < -0.39 is 0 Å². The lowest BCUT2D eigenvalue weighted by Crippen LogP contribution is -2.39. The summed E-state index contributed by atoms with van der Waals surface area (Å²) in [6.07, 6.45) is 3.71. The van der Waals surface area contributed by atoms with Crippen LogP contribution < -0.4 is 11.1 Å². The number of Topliss-reactive ketones (excluding diaryl/α,β-unsaturated/α-hetero) is 1. The van der Waals surface area contributed by atoms with Gasteiger partial charge in [-0.05, 0) is 50.8 Å². The molecule has 2 atom stereocenters. The van der Waals surface area contributed by atoms with Crippen LogP contribution in [0.15, 0.2) is 18.2 Å². The molecule has 0 heterocycles. The van der Waals surface area contributed by atoms with Crippen molar-refractivity contribution in [2.24, 2.45) is 11.7 Å². The maximum atomic E-state index is 12.3. The molecule has 1 aromatic rings. The first-order valence-corrected chi connectivity index (χ1v) is 8.11. The van der Waals surface area contributed by atoms with Crippen molar-refractivity contribution in [3.8, 4) is 0 Å². The standard InChI is InChI=1S/C18H26N2O2.ClH/c1-12-6-7-13(2)15(10-12)17(21)8-9-18(22)20-16-5-3-4-14(16)11-19;/h6-7,10,14,16H,3-5,8-9,11,19H2,1-2H3,(H,20,22);1H. The summed E-state index contributed by atoms with van der Waals surface area (Å²) < 4.78 is 0. The molecule has 1 saturated carbocycles. The van der Waals surface area contributed by atoms with Crippen molar-refractivity contribution >= 4 is 24.1 Å². The molecule has 0 radical (unpaired) electrons. The van der Waals surface area contributed by atoms with Gasteiger partial charge in [-0.3, -0.25) is 9.59 Å². The Bertz CT molecular complexity index is 560. The minimum Gasteiger partial charge on any atom is -0.353 e. The van der Waals surface area contributed by atoms with Crippen molar-refractivity contribution in [1.29, 1.82) is 0 Å². The van der Waals surface area contributed by atoms with Crippen molar-refractivity contribution in [1.82, 2.24) is 5.32 Å². The minimum atomic E-state index is -0.0380. The van der Waals surface area contributed by atoms with Crippen molar-refractivity contribution in [3.63, 3.8) is 0 Å². The van der Waals surface area contributed by atoms with Crippen LogP contribution in [0.5, 0.6) is 0 Å². The zero-order valence-electron chi connectivity index (χ0n) is 13.9. The summed E-state index contributed by atoms with van der Waals surface area (Å²) in [6, 6.07) is 6.03. The Morgan fingerprint density at radius 3 is 2.65 bits per heavy atom. The molecule has 1 aliphatic carbocycles. The van der Waals surface area contributed by atoms with Gasteiger partial charge < -0.3 is 11.1 Å². The molecule has 0 aliphatic heterocycles. The van der Waals surface area contributed by atoms with E-state index in [-0.39, 0.29) is 43.0 Å². The van der Waals surface area contributed by atoms with Gasteiger partial charge >= 0.3 is 0 Å². The van der Waals surface area contributed by atoms with Crippen LogP contribution in [0.25, 0.3) is 0 Å². The van der Waals surface area contributed by atoms with E-state index in [1.165, 1.54) is 0 Å². The highest BCUT2D eigenvalue weighted by Gasteiger charge is 2.27. The first-order valence-electron chi connectivity index (χ1n) is 8.11. The molecule has 2 rings (SSSR count). The van der Waals surface area contributed by atoms with Crippen molar-refractivity contribution < 1.29 is 9.59 Å².